The zero-order chi connectivity index (χ0) is 18.1. The second kappa shape index (κ2) is 6.57. The van der Waals surface area contributed by atoms with Crippen molar-refractivity contribution in [1.29, 1.82) is 0 Å². The lowest BCUT2D eigenvalue weighted by Gasteiger charge is -2.34. The van der Waals surface area contributed by atoms with Gasteiger partial charge in [-0.2, -0.15) is 0 Å². The summed E-state index contributed by atoms with van der Waals surface area (Å²) in [6, 6.07) is 8.75. The molecule has 1 aromatic carbocycles. The van der Waals surface area contributed by atoms with Crippen molar-refractivity contribution in [2.24, 2.45) is 5.41 Å². The van der Waals surface area contributed by atoms with E-state index in [4.69, 9.17) is 4.74 Å². The highest BCUT2D eigenvalue weighted by Crippen LogP contribution is 2.37. The Balaban J connectivity index is 2.91. The van der Waals surface area contributed by atoms with Crippen LogP contribution in [0.5, 0.6) is 0 Å². The summed E-state index contributed by atoms with van der Waals surface area (Å²) in [6.45, 7) is 19.4. The first kappa shape index (κ1) is 20.2. The van der Waals surface area contributed by atoms with Gasteiger partial charge in [0.25, 0.3) is 0 Å². The lowest BCUT2D eigenvalue weighted by molar-refractivity contribution is -0.0944. The molecule has 0 aliphatic carbocycles. The second-order valence-electron chi connectivity index (χ2n) is 9.81. The molecular weight excluding hydrogens is 284 g/mol. The number of benzene rings is 1. The van der Waals surface area contributed by atoms with Crippen LogP contribution in [0, 0.1) is 5.41 Å². The van der Waals surface area contributed by atoms with Gasteiger partial charge in [0.05, 0.1) is 17.8 Å². The van der Waals surface area contributed by atoms with E-state index in [1.54, 1.807) is 13.8 Å². The van der Waals surface area contributed by atoms with E-state index >= 15 is 0 Å². The summed E-state index contributed by atoms with van der Waals surface area (Å²) in [7, 11) is 0. The lowest BCUT2D eigenvalue weighted by Crippen LogP contribution is -2.33. The summed E-state index contributed by atoms with van der Waals surface area (Å²) in [5.41, 5.74) is 1.72. The van der Waals surface area contributed by atoms with Crippen LogP contribution in [0.1, 0.15) is 79.9 Å². The van der Waals surface area contributed by atoms with Crippen molar-refractivity contribution in [3.8, 4) is 0 Å². The van der Waals surface area contributed by atoms with Crippen LogP contribution in [0.3, 0.4) is 0 Å². The molecule has 0 unspecified atom stereocenters. The first-order chi connectivity index (χ1) is 10.1. The Morgan fingerprint density at radius 2 is 1.22 bits per heavy atom. The smallest absolute Gasteiger partial charge is 0.0876 e. The molecule has 132 valence electrons. The number of ether oxygens (including phenoxy) is 1. The average molecular weight is 321 g/mol. The van der Waals surface area contributed by atoms with Crippen LogP contribution < -0.4 is 0 Å². The van der Waals surface area contributed by atoms with Gasteiger partial charge in [-0.1, -0.05) is 58.9 Å². The Kier molecular flexibility index (Phi) is 5.76. The van der Waals surface area contributed by atoms with E-state index in [-0.39, 0.29) is 5.41 Å². The molecule has 0 atom stereocenters. The first-order valence-corrected chi connectivity index (χ1v) is 8.60. The van der Waals surface area contributed by atoms with E-state index in [1.807, 2.05) is 13.8 Å². The van der Waals surface area contributed by atoms with E-state index < -0.39 is 11.2 Å². The molecule has 2 heteroatoms. The van der Waals surface area contributed by atoms with E-state index in [1.165, 1.54) is 5.56 Å². The molecule has 0 saturated carbocycles. The molecule has 0 saturated heterocycles. The maximum absolute atomic E-state index is 9.86. The van der Waals surface area contributed by atoms with Crippen molar-refractivity contribution in [2.45, 2.75) is 85.4 Å². The summed E-state index contributed by atoms with van der Waals surface area (Å²) < 4.78 is 5.94. The monoisotopic (exact) mass is 320 g/mol. The van der Waals surface area contributed by atoms with E-state index in [9.17, 15) is 5.11 Å². The highest BCUT2D eigenvalue weighted by molar-refractivity contribution is 5.31. The normalized spacial score (nSPS) is 14.2. The molecule has 0 aliphatic heterocycles. The Labute approximate surface area is 143 Å². The van der Waals surface area contributed by atoms with Gasteiger partial charge in [-0.05, 0) is 56.1 Å². The van der Waals surface area contributed by atoms with Crippen LogP contribution in [0.25, 0.3) is 0 Å². The SMILES string of the molecule is CC(C)(C)CC(C)(C)c1ccc(C(C)(C)OCC(C)(C)O)cc1. The number of hydrogen-bond acceptors (Lipinski definition) is 2. The van der Waals surface area contributed by atoms with Gasteiger partial charge in [0, 0.05) is 0 Å². The van der Waals surface area contributed by atoms with E-state index in [0.29, 0.717) is 12.0 Å². The summed E-state index contributed by atoms with van der Waals surface area (Å²) in [6.07, 6.45) is 1.14. The van der Waals surface area contributed by atoms with Crippen LogP contribution in [0.2, 0.25) is 0 Å². The quantitative estimate of drug-likeness (QED) is 0.758. The minimum absolute atomic E-state index is 0.148. The average Bonchev–Trinajstić information content (AvgIpc) is 2.33. The maximum Gasteiger partial charge on any atom is 0.0876 e. The summed E-state index contributed by atoms with van der Waals surface area (Å²) >= 11 is 0. The van der Waals surface area contributed by atoms with Crippen LogP contribution in [0.15, 0.2) is 24.3 Å². The van der Waals surface area contributed by atoms with Crippen LogP contribution in [0.4, 0.5) is 0 Å². The standard InChI is InChI=1S/C21H36O2/c1-18(2,3)14-19(4,5)16-10-12-17(13-11-16)21(8,9)23-15-20(6,7)22/h10-13,22H,14-15H2,1-9H3. The van der Waals surface area contributed by atoms with Crippen molar-refractivity contribution in [1.82, 2.24) is 0 Å². The molecule has 1 N–H and O–H groups in total. The third kappa shape index (κ3) is 6.64. The molecule has 1 aromatic rings. The van der Waals surface area contributed by atoms with Crippen molar-refractivity contribution >= 4 is 0 Å². The minimum Gasteiger partial charge on any atom is -0.388 e. The van der Waals surface area contributed by atoms with Gasteiger partial charge in [0.2, 0.25) is 0 Å². The van der Waals surface area contributed by atoms with E-state index in [0.717, 1.165) is 12.0 Å². The fraction of sp³-hybridized carbons (Fsp3) is 0.714. The van der Waals surface area contributed by atoms with Crippen molar-refractivity contribution in [3.63, 3.8) is 0 Å². The van der Waals surface area contributed by atoms with Crippen molar-refractivity contribution < 1.29 is 9.84 Å². The molecule has 1 rings (SSSR count). The Morgan fingerprint density at radius 1 is 0.783 bits per heavy atom. The fourth-order valence-corrected chi connectivity index (χ4v) is 3.19. The van der Waals surface area contributed by atoms with Gasteiger partial charge in [-0.15, -0.1) is 0 Å². The molecule has 0 radical (unpaired) electrons. The third-order valence-corrected chi connectivity index (χ3v) is 4.12. The van der Waals surface area contributed by atoms with Crippen LogP contribution in [-0.4, -0.2) is 17.3 Å². The summed E-state index contributed by atoms with van der Waals surface area (Å²) in [5.74, 6) is 0. The van der Waals surface area contributed by atoms with Crippen LogP contribution in [-0.2, 0) is 15.8 Å². The molecule has 0 fully saturated rings. The molecule has 0 aliphatic rings. The highest BCUT2D eigenvalue weighted by atomic mass is 16.5. The highest BCUT2D eigenvalue weighted by Gasteiger charge is 2.29. The third-order valence-electron chi connectivity index (χ3n) is 4.12. The molecule has 23 heavy (non-hydrogen) atoms. The number of rotatable bonds is 6. The maximum atomic E-state index is 9.86. The Bertz CT molecular complexity index is 496. The topological polar surface area (TPSA) is 29.5 Å². The van der Waals surface area contributed by atoms with Gasteiger partial charge >= 0.3 is 0 Å². The second-order valence-corrected chi connectivity index (χ2v) is 9.81. The molecule has 0 aromatic heterocycles. The van der Waals surface area contributed by atoms with Gasteiger partial charge in [-0.3, -0.25) is 0 Å². The molecule has 0 heterocycles. The summed E-state index contributed by atoms with van der Waals surface area (Å²) in [4.78, 5) is 0. The van der Waals surface area contributed by atoms with E-state index in [2.05, 4.69) is 58.9 Å². The zero-order valence-corrected chi connectivity index (χ0v) is 16.6. The molecule has 0 bridgehead atoms. The van der Waals surface area contributed by atoms with Crippen LogP contribution >= 0.6 is 0 Å². The zero-order valence-electron chi connectivity index (χ0n) is 16.6. The predicted molar refractivity (Wildman–Crippen MR) is 98.8 cm³/mol. The molecule has 2 nitrogen and oxygen atoms in total. The molecule has 0 amide bonds. The minimum atomic E-state index is -0.814. The first-order valence-electron chi connectivity index (χ1n) is 8.60. The lowest BCUT2D eigenvalue weighted by atomic mass is 9.72. The number of aliphatic hydroxyl groups is 1. The van der Waals surface area contributed by atoms with Crippen molar-refractivity contribution in [2.75, 3.05) is 6.61 Å². The van der Waals surface area contributed by atoms with Gasteiger partial charge in [0.15, 0.2) is 0 Å². The predicted octanol–water partition coefficient (Wildman–Crippen LogP) is 5.42. The molecule has 0 spiro atoms. The Morgan fingerprint density at radius 3 is 1.61 bits per heavy atom. The molecular formula is C21H36O2. The van der Waals surface area contributed by atoms with Gasteiger partial charge in [0.1, 0.15) is 0 Å². The largest absolute Gasteiger partial charge is 0.388 e. The van der Waals surface area contributed by atoms with Gasteiger partial charge in [-0.25, -0.2) is 0 Å². The number of hydrogen-bond donors (Lipinski definition) is 1. The summed E-state index contributed by atoms with van der Waals surface area (Å²) in [5, 5.41) is 9.86. The Hall–Kier alpha value is -0.860. The van der Waals surface area contributed by atoms with Gasteiger partial charge < -0.3 is 9.84 Å². The van der Waals surface area contributed by atoms with Crippen molar-refractivity contribution in [3.05, 3.63) is 35.4 Å². The fourth-order valence-electron chi connectivity index (χ4n) is 3.19.